The second-order valence-corrected chi connectivity index (χ2v) is 5.13. The molecule has 1 aromatic carbocycles. The van der Waals surface area contributed by atoms with Crippen LogP contribution in [-0.2, 0) is 16.6 Å². The lowest BCUT2D eigenvalue weighted by atomic mass is 10.3. The molecule has 1 aromatic heterocycles. The average molecular weight is 280 g/mol. The maximum atomic E-state index is 12.2. The quantitative estimate of drug-likeness (QED) is 0.909. The van der Waals surface area contributed by atoms with Crippen molar-refractivity contribution in [2.75, 3.05) is 7.11 Å². The average Bonchev–Trinajstić information content (AvgIpc) is 2.87. The molecule has 0 aliphatic carbocycles. The van der Waals surface area contributed by atoms with Gasteiger partial charge in [-0.3, -0.25) is 4.21 Å². The number of ether oxygens (including phenoxy) is 1. The summed E-state index contributed by atoms with van der Waals surface area (Å²) in [4.78, 5) is 11.2. The molecule has 5 nitrogen and oxygen atoms in total. The van der Waals surface area contributed by atoms with E-state index in [0.29, 0.717) is 16.4 Å². The number of hydrogen-bond acceptors (Lipinski definition) is 4. The highest BCUT2D eigenvalue weighted by atomic mass is 32.2. The molecule has 100 valence electrons. The molecule has 0 aliphatic heterocycles. The number of benzene rings is 1. The Bertz CT molecular complexity index is 617. The van der Waals surface area contributed by atoms with Crippen LogP contribution < -0.4 is 4.74 Å². The van der Waals surface area contributed by atoms with E-state index in [4.69, 9.17) is 14.3 Å². The third-order valence-electron chi connectivity index (χ3n) is 2.46. The minimum atomic E-state index is -1.36. The number of rotatable bonds is 5. The zero-order valence-electron chi connectivity index (χ0n) is 10.2. The van der Waals surface area contributed by atoms with E-state index >= 15 is 0 Å². The van der Waals surface area contributed by atoms with Crippen LogP contribution in [0.1, 0.15) is 16.3 Å². The zero-order valence-corrected chi connectivity index (χ0v) is 11.0. The number of methoxy groups -OCH3 is 1. The standard InChI is InChI=1S/C13H12O5S/c1-17-10-4-2-3-5-12(10)19(16)8-9-6-7-11(18-9)13(14)15/h2-7H,8H2,1H3,(H,14,15)/t19-/m1/s1. The second kappa shape index (κ2) is 5.71. The first-order valence-electron chi connectivity index (χ1n) is 5.45. The first-order valence-corrected chi connectivity index (χ1v) is 6.77. The molecule has 0 unspecified atom stereocenters. The van der Waals surface area contributed by atoms with Gasteiger partial charge in [0, 0.05) is 0 Å². The number of carboxylic acids is 1. The fourth-order valence-corrected chi connectivity index (χ4v) is 2.76. The normalized spacial score (nSPS) is 12.1. The van der Waals surface area contributed by atoms with Crippen molar-refractivity contribution in [3.63, 3.8) is 0 Å². The highest BCUT2D eigenvalue weighted by Crippen LogP contribution is 2.23. The van der Waals surface area contributed by atoms with E-state index < -0.39 is 16.8 Å². The summed E-state index contributed by atoms with van der Waals surface area (Å²) < 4.78 is 22.4. The van der Waals surface area contributed by atoms with Gasteiger partial charge in [-0.1, -0.05) is 12.1 Å². The maximum Gasteiger partial charge on any atom is 0.371 e. The van der Waals surface area contributed by atoms with Crippen LogP contribution in [0.15, 0.2) is 45.7 Å². The van der Waals surface area contributed by atoms with Gasteiger partial charge in [0.05, 0.1) is 28.6 Å². The zero-order chi connectivity index (χ0) is 13.8. The Morgan fingerprint density at radius 2 is 2.05 bits per heavy atom. The molecule has 0 fully saturated rings. The number of carboxylic acid groups (broad SMARTS) is 1. The second-order valence-electron chi connectivity index (χ2n) is 3.71. The summed E-state index contributed by atoms with van der Waals surface area (Å²) in [6.45, 7) is 0. The van der Waals surface area contributed by atoms with E-state index in [1.54, 1.807) is 24.3 Å². The lowest BCUT2D eigenvalue weighted by Gasteiger charge is -2.06. The first-order chi connectivity index (χ1) is 9.11. The lowest BCUT2D eigenvalue weighted by molar-refractivity contribution is 0.0661. The third kappa shape index (κ3) is 3.03. The fourth-order valence-electron chi connectivity index (χ4n) is 1.58. The minimum absolute atomic E-state index is 0.105. The van der Waals surface area contributed by atoms with Gasteiger partial charge in [-0.05, 0) is 24.3 Å². The molecule has 19 heavy (non-hydrogen) atoms. The van der Waals surface area contributed by atoms with Gasteiger partial charge in [-0.2, -0.15) is 0 Å². The molecule has 0 saturated heterocycles. The van der Waals surface area contributed by atoms with Crippen molar-refractivity contribution in [1.82, 2.24) is 0 Å². The Balaban J connectivity index is 2.18. The predicted octanol–water partition coefficient (Wildman–Crippen LogP) is 2.29. The van der Waals surface area contributed by atoms with Crippen molar-refractivity contribution < 1.29 is 23.3 Å². The van der Waals surface area contributed by atoms with E-state index in [0.717, 1.165) is 0 Å². The van der Waals surface area contributed by atoms with Crippen molar-refractivity contribution in [3.05, 3.63) is 47.9 Å². The largest absolute Gasteiger partial charge is 0.495 e. The SMILES string of the molecule is COc1ccccc1[S@](=O)Cc1ccc(C(=O)O)o1. The van der Waals surface area contributed by atoms with Gasteiger partial charge in [0.2, 0.25) is 5.76 Å². The van der Waals surface area contributed by atoms with Crippen LogP contribution >= 0.6 is 0 Å². The summed E-state index contributed by atoms with van der Waals surface area (Å²) in [7, 11) is 0.148. The van der Waals surface area contributed by atoms with Crippen LogP contribution in [0.4, 0.5) is 0 Å². The van der Waals surface area contributed by atoms with E-state index in [1.807, 2.05) is 0 Å². The minimum Gasteiger partial charge on any atom is -0.495 e. The molecule has 1 N–H and O–H groups in total. The molecule has 0 bridgehead atoms. The smallest absolute Gasteiger partial charge is 0.371 e. The number of carbonyl (C=O) groups is 1. The summed E-state index contributed by atoms with van der Waals surface area (Å²) in [5.74, 6) is -0.304. The Morgan fingerprint density at radius 1 is 1.32 bits per heavy atom. The topological polar surface area (TPSA) is 76.7 Å². The molecule has 0 saturated carbocycles. The van der Waals surface area contributed by atoms with Gasteiger partial charge < -0.3 is 14.3 Å². The molecule has 1 atom stereocenters. The van der Waals surface area contributed by atoms with Crippen LogP contribution in [0.3, 0.4) is 0 Å². The lowest BCUT2D eigenvalue weighted by Crippen LogP contribution is -1.99. The number of furan rings is 1. The third-order valence-corrected chi connectivity index (χ3v) is 3.83. The number of para-hydroxylation sites is 1. The molecule has 6 heteroatoms. The molecule has 0 aliphatic rings. The Morgan fingerprint density at radius 3 is 2.68 bits per heavy atom. The van der Waals surface area contributed by atoms with Crippen molar-refractivity contribution >= 4 is 16.8 Å². The monoisotopic (exact) mass is 280 g/mol. The van der Waals surface area contributed by atoms with E-state index in [-0.39, 0.29) is 11.5 Å². The fraction of sp³-hybridized carbons (Fsp3) is 0.154. The molecule has 0 amide bonds. The molecule has 1 heterocycles. The number of hydrogen-bond donors (Lipinski definition) is 1. The maximum absolute atomic E-state index is 12.2. The summed E-state index contributed by atoms with van der Waals surface area (Å²) in [6, 6.07) is 9.83. The van der Waals surface area contributed by atoms with Crippen LogP contribution in [-0.4, -0.2) is 22.4 Å². The van der Waals surface area contributed by atoms with Gasteiger partial charge in [-0.25, -0.2) is 4.79 Å². The highest BCUT2D eigenvalue weighted by Gasteiger charge is 2.14. The molecule has 0 radical (unpaired) electrons. The van der Waals surface area contributed by atoms with Crippen LogP contribution in [0.5, 0.6) is 5.75 Å². The Labute approximate surface area is 112 Å². The van der Waals surface area contributed by atoms with Gasteiger partial charge >= 0.3 is 5.97 Å². The van der Waals surface area contributed by atoms with E-state index in [2.05, 4.69) is 0 Å². The molecule has 0 spiro atoms. The van der Waals surface area contributed by atoms with Crippen LogP contribution in [0, 0.1) is 0 Å². The van der Waals surface area contributed by atoms with E-state index in [1.165, 1.54) is 19.2 Å². The predicted molar refractivity (Wildman–Crippen MR) is 68.8 cm³/mol. The van der Waals surface area contributed by atoms with Gasteiger partial charge in [0.25, 0.3) is 0 Å². The van der Waals surface area contributed by atoms with Gasteiger partial charge in [0.1, 0.15) is 11.5 Å². The summed E-state index contributed by atoms with van der Waals surface area (Å²) in [5.41, 5.74) is 0. The highest BCUT2D eigenvalue weighted by molar-refractivity contribution is 7.84. The van der Waals surface area contributed by atoms with Crippen molar-refractivity contribution in [2.24, 2.45) is 0 Å². The van der Waals surface area contributed by atoms with E-state index in [9.17, 15) is 9.00 Å². The van der Waals surface area contributed by atoms with Gasteiger partial charge in [-0.15, -0.1) is 0 Å². The molecule has 2 aromatic rings. The molecule has 2 rings (SSSR count). The Kier molecular flexibility index (Phi) is 4.01. The van der Waals surface area contributed by atoms with Gasteiger partial charge in [0.15, 0.2) is 0 Å². The van der Waals surface area contributed by atoms with Crippen molar-refractivity contribution in [2.45, 2.75) is 10.6 Å². The Hall–Kier alpha value is -2.08. The first kappa shape index (κ1) is 13.4. The summed E-state index contributed by atoms with van der Waals surface area (Å²) in [5, 5.41) is 8.74. The van der Waals surface area contributed by atoms with Crippen molar-refractivity contribution in [3.8, 4) is 5.75 Å². The summed E-state index contributed by atoms with van der Waals surface area (Å²) >= 11 is 0. The molecular weight excluding hydrogens is 268 g/mol. The van der Waals surface area contributed by atoms with Crippen LogP contribution in [0.25, 0.3) is 0 Å². The van der Waals surface area contributed by atoms with Crippen molar-refractivity contribution in [1.29, 1.82) is 0 Å². The van der Waals surface area contributed by atoms with Crippen LogP contribution in [0.2, 0.25) is 0 Å². The number of aromatic carboxylic acids is 1. The molecular formula is C13H12O5S. The summed E-state index contributed by atoms with van der Waals surface area (Å²) in [6.07, 6.45) is 0.